The zero-order valence-electron chi connectivity index (χ0n) is 16.1. The van der Waals surface area contributed by atoms with Crippen molar-refractivity contribution in [1.82, 2.24) is 9.97 Å². The minimum atomic E-state index is 0.384. The molecule has 5 nitrogen and oxygen atoms in total. The summed E-state index contributed by atoms with van der Waals surface area (Å²) in [6.07, 6.45) is 6.56. The number of oxazole rings is 1. The van der Waals surface area contributed by atoms with Gasteiger partial charge in [-0.25, -0.2) is 9.97 Å². The quantitative estimate of drug-likeness (QED) is 0.442. The van der Waals surface area contributed by atoms with Gasteiger partial charge in [0, 0.05) is 22.5 Å². The first-order valence-corrected chi connectivity index (χ1v) is 10.5. The van der Waals surface area contributed by atoms with E-state index in [9.17, 15) is 0 Å². The summed E-state index contributed by atoms with van der Waals surface area (Å²) in [6, 6.07) is 16.6. The number of aromatic nitrogens is 2. The molecule has 4 aromatic rings. The minimum absolute atomic E-state index is 0.384. The van der Waals surface area contributed by atoms with Crippen molar-refractivity contribution in [1.29, 1.82) is 0 Å². The van der Waals surface area contributed by atoms with Gasteiger partial charge < -0.3 is 14.5 Å². The second-order valence-electron chi connectivity index (χ2n) is 7.09. The third-order valence-electron chi connectivity index (χ3n) is 5.31. The summed E-state index contributed by atoms with van der Waals surface area (Å²) in [5.41, 5.74) is 4.38. The zero-order chi connectivity index (χ0) is 19.6. The fourth-order valence-electron chi connectivity index (χ4n) is 3.93. The maximum Gasteiger partial charge on any atom is 0.187 e. The van der Waals surface area contributed by atoms with E-state index in [4.69, 9.17) is 14.1 Å². The molecule has 0 saturated carbocycles. The maximum absolute atomic E-state index is 5.56. The van der Waals surface area contributed by atoms with Crippen LogP contribution < -0.4 is 10.1 Å². The number of thiazole rings is 1. The fourth-order valence-corrected chi connectivity index (χ4v) is 5.01. The summed E-state index contributed by atoms with van der Waals surface area (Å²) in [5.74, 6) is 1.80. The Morgan fingerprint density at radius 1 is 1.17 bits per heavy atom. The van der Waals surface area contributed by atoms with Crippen LogP contribution in [0, 0.1) is 0 Å². The van der Waals surface area contributed by atoms with Gasteiger partial charge in [-0.2, -0.15) is 0 Å². The number of aryl methyl sites for hydroxylation is 1. The van der Waals surface area contributed by atoms with Crippen molar-refractivity contribution in [3.8, 4) is 17.1 Å². The third kappa shape index (κ3) is 3.51. The lowest BCUT2D eigenvalue weighted by atomic mass is 9.85. The maximum atomic E-state index is 5.56. The van der Waals surface area contributed by atoms with Crippen LogP contribution in [0.2, 0.25) is 0 Å². The molecule has 0 spiro atoms. The average molecular weight is 404 g/mol. The largest absolute Gasteiger partial charge is 0.496 e. The molecule has 6 heteroatoms. The first-order valence-electron chi connectivity index (χ1n) is 9.70. The molecule has 5 rings (SSSR count). The van der Waals surface area contributed by atoms with E-state index in [-0.39, 0.29) is 0 Å². The molecule has 2 aromatic carbocycles. The van der Waals surface area contributed by atoms with Gasteiger partial charge in [-0.15, -0.1) is 11.3 Å². The van der Waals surface area contributed by atoms with Crippen LogP contribution in [-0.4, -0.2) is 17.1 Å². The second kappa shape index (κ2) is 7.72. The molecular weight excluding hydrogens is 382 g/mol. The number of benzene rings is 2. The highest BCUT2D eigenvalue weighted by Gasteiger charge is 2.26. The first kappa shape index (κ1) is 17.9. The van der Waals surface area contributed by atoms with Gasteiger partial charge in [-0.3, -0.25) is 0 Å². The normalized spacial score (nSPS) is 15.7. The standard InChI is InChI=1S/C23H21N3O2S/c1-27-19-12-16(10-11-18(19)20-13-24-14-28-20)25-23-26-22-17(8-5-9-21(22)29-23)15-6-3-2-4-7-15/h2-4,6-7,10-14,17H,5,8-9H2,1H3,(H,25,26). The number of methoxy groups -OCH3 is 1. The Hall–Kier alpha value is -3.12. The highest BCUT2D eigenvalue weighted by atomic mass is 32.1. The number of nitrogens with one attached hydrogen (secondary N) is 1. The van der Waals surface area contributed by atoms with Gasteiger partial charge in [0.2, 0.25) is 0 Å². The summed E-state index contributed by atoms with van der Waals surface area (Å²) in [4.78, 5) is 10.3. The lowest BCUT2D eigenvalue weighted by molar-refractivity contribution is 0.415. The molecule has 2 heterocycles. The van der Waals surface area contributed by atoms with Gasteiger partial charge in [0.1, 0.15) is 5.75 Å². The number of anilines is 2. The molecule has 0 saturated heterocycles. The van der Waals surface area contributed by atoms with Crippen molar-refractivity contribution in [3.05, 3.63) is 77.3 Å². The van der Waals surface area contributed by atoms with E-state index in [1.165, 1.54) is 28.9 Å². The van der Waals surface area contributed by atoms with Gasteiger partial charge in [-0.1, -0.05) is 30.3 Å². The molecular formula is C23H21N3O2S. The topological polar surface area (TPSA) is 60.2 Å². The molecule has 0 fully saturated rings. The van der Waals surface area contributed by atoms with Gasteiger partial charge in [0.15, 0.2) is 17.3 Å². The summed E-state index contributed by atoms with van der Waals surface area (Å²) in [7, 11) is 1.66. The minimum Gasteiger partial charge on any atom is -0.496 e. The van der Waals surface area contributed by atoms with Gasteiger partial charge in [0.05, 0.1) is 24.6 Å². The third-order valence-corrected chi connectivity index (χ3v) is 6.35. The van der Waals surface area contributed by atoms with E-state index >= 15 is 0 Å². The SMILES string of the molecule is COc1cc(Nc2nc3c(s2)CCCC3c2ccccc2)ccc1-c1cnco1. The number of hydrogen-bond donors (Lipinski definition) is 1. The number of nitrogens with zero attached hydrogens (tertiary/aromatic N) is 2. The highest BCUT2D eigenvalue weighted by Crippen LogP contribution is 2.41. The fraction of sp³-hybridized carbons (Fsp3) is 0.217. The summed E-state index contributed by atoms with van der Waals surface area (Å²) >= 11 is 1.75. The predicted octanol–water partition coefficient (Wildman–Crippen LogP) is 6.02. The molecule has 1 unspecified atom stereocenters. The number of fused-ring (bicyclic) bond motifs is 1. The summed E-state index contributed by atoms with van der Waals surface area (Å²) in [6.45, 7) is 0. The average Bonchev–Trinajstić information content (AvgIpc) is 3.43. The van der Waals surface area contributed by atoms with Crippen LogP contribution in [0.1, 0.15) is 34.9 Å². The van der Waals surface area contributed by atoms with Gasteiger partial charge in [0.25, 0.3) is 0 Å². The first-order chi connectivity index (χ1) is 14.3. The Morgan fingerprint density at radius 3 is 2.86 bits per heavy atom. The van der Waals surface area contributed by atoms with Crippen LogP contribution in [0.5, 0.6) is 5.75 Å². The van der Waals surface area contributed by atoms with Crippen LogP contribution in [0.15, 0.2) is 65.5 Å². The number of rotatable bonds is 5. The Morgan fingerprint density at radius 2 is 2.07 bits per heavy atom. The monoisotopic (exact) mass is 403 g/mol. The lowest BCUT2D eigenvalue weighted by Gasteiger charge is -2.21. The van der Waals surface area contributed by atoms with Crippen LogP contribution >= 0.6 is 11.3 Å². The van der Waals surface area contributed by atoms with E-state index in [2.05, 4.69) is 40.6 Å². The Bertz CT molecular complexity index is 1110. The molecule has 0 bridgehead atoms. The van der Waals surface area contributed by atoms with Crippen molar-refractivity contribution in [2.45, 2.75) is 25.2 Å². The van der Waals surface area contributed by atoms with E-state index in [0.717, 1.165) is 35.0 Å². The molecule has 2 aromatic heterocycles. The van der Waals surface area contributed by atoms with E-state index in [0.29, 0.717) is 11.7 Å². The zero-order valence-corrected chi connectivity index (χ0v) is 16.9. The van der Waals surface area contributed by atoms with Gasteiger partial charge >= 0.3 is 0 Å². The molecule has 29 heavy (non-hydrogen) atoms. The highest BCUT2D eigenvalue weighted by molar-refractivity contribution is 7.15. The summed E-state index contributed by atoms with van der Waals surface area (Å²) < 4.78 is 11.0. The van der Waals surface area contributed by atoms with Crippen molar-refractivity contribution >= 4 is 22.2 Å². The molecule has 1 N–H and O–H groups in total. The van der Waals surface area contributed by atoms with E-state index < -0.39 is 0 Å². The summed E-state index contributed by atoms with van der Waals surface area (Å²) in [5, 5.41) is 4.38. The van der Waals surface area contributed by atoms with Crippen LogP contribution in [0.4, 0.5) is 10.8 Å². The van der Waals surface area contributed by atoms with Crippen molar-refractivity contribution in [3.63, 3.8) is 0 Å². The van der Waals surface area contributed by atoms with Crippen LogP contribution in [0.3, 0.4) is 0 Å². The molecule has 1 aliphatic rings. The molecule has 0 amide bonds. The lowest BCUT2D eigenvalue weighted by Crippen LogP contribution is -2.09. The Balaban J connectivity index is 1.43. The van der Waals surface area contributed by atoms with E-state index in [1.54, 1.807) is 24.6 Å². The number of ether oxygens (including phenoxy) is 1. The second-order valence-corrected chi connectivity index (χ2v) is 8.17. The van der Waals surface area contributed by atoms with Crippen molar-refractivity contribution in [2.75, 3.05) is 12.4 Å². The van der Waals surface area contributed by atoms with Crippen molar-refractivity contribution < 1.29 is 9.15 Å². The Kier molecular flexibility index (Phi) is 4.77. The molecule has 1 aliphatic carbocycles. The number of hydrogen-bond acceptors (Lipinski definition) is 6. The predicted molar refractivity (Wildman–Crippen MR) is 115 cm³/mol. The molecule has 0 aliphatic heterocycles. The molecule has 146 valence electrons. The van der Waals surface area contributed by atoms with Gasteiger partial charge in [-0.05, 0) is 37.0 Å². The molecule has 1 atom stereocenters. The molecule has 0 radical (unpaired) electrons. The van der Waals surface area contributed by atoms with E-state index in [1.807, 2.05) is 18.2 Å². The Labute approximate surface area is 173 Å². The smallest absolute Gasteiger partial charge is 0.187 e. The van der Waals surface area contributed by atoms with Crippen molar-refractivity contribution in [2.24, 2.45) is 0 Å². The van der Waals surface area contributed by atoms with Crippen LogP contribution in [-0.2, 0) is 6.42 Å². The van der Waals surface area contributed by atoms with Crippen LogP contribution in [0.25, 0.3) is 11.3 Å².